The molecule has 1 aromatic rings. The van der Waals surface area contributed by atoms with Gasteiger partial charge in [0.25, 0.3) is 0 Å². The molecular weight excluding hydrogens is 254 g/mol. The van der Waals surface area contributed by atoms with Gasteiger partial charge >= 0.3 is 5.97 Å². The average Bonchev–Trinajstić information content (AvgIpc) is 3.26. The highest BCUT2D eigenvalue weighted by atomic mass is 16.5. The van der Waals surface area contributed by atoms with Crippen LogP contribution in [0, 0.1) is 11.8 Å². The summed E-state index contributed by atoms with van der Waals surface area (Å²) in [5.41, 5.74) is 1.22. The van der Waals surface area contributed by atoms with Gasteiger partial charge in [-0.25, -0.2) is 0 Å². The third kappa shape index (κ3) is 3.18. The van der Waals surface area contributed by atoms with Crippen LogP contribution in [0.2, 0.25) is 0 Å². The van der Waals surface area contributed by atoms with Crippen LogP contribution in [0.5, 0.6) is 0 Å². The highest BCUT2D eigenvalue weighted by Gasteiger charge is 2.45. The fourth-order valence-corrected chi connectivity index (χ4v) is 2.60. The van der Waals surface area contributed by atoms with Gasteiger partial charge in [-0.15, -0.1) is 0 Å². The Balaban J connectivity index is 1.88. The summed E-state index contributed by atoms with van der Waals surface area (Å²) in [5, 5.41) is 0. The summed E-state index contributed by atoms with van der Waals surface area (Å²) in [6, 6.07) is 10.1. The number of nitrogens with zero attached hydrogens (tertiary/aromatic N) is 1. The maximum absolute atomic E-state index is 12.3. The molecule has 0 N–H and O–H groups in total. The maximum Gasteiger partial charge on any atom is 0.310 e. The van der Waals surface area contributed by atoms with Gasteiger partial charge in [0.15, 0.2) is 0 Å². The largest absolute Gasteiger partial charge is 0.469 e. The normalized spacial score (nSPS) is 21.9. The molecule has 3 unspecified atom stereocenters. The van der Waals surface area contributed by atoms with Crippen molar-refractivity contribution in [3.05, 3.63) is 35.9 Å². The molecule has 2 rings (SSSR count). The Morgan fingerprint density at radius 3 is 2.60 bits per heavy atom. The molecule has 4 nitrogen and oxygen atoms in total. The van der Waals surface area contributed by atoms with Crippen LogP contribution in [0.25, 0.3) is 0 Å². The summed E-state index contributed by atoms with van der Waals surface area (Å²) in [4.78, 5) is 25.3. The zero-order chi connectivity index (χ0) is 14.7. The third-order valence-corrected chi connectivity index (χ3v) is 3.86. The Hall–Kier alpha value is -1.84. The maximum atomic E-state index is 12.3. The molecule has 1 fully saturated rings. The zero-order valence-corrected chi connectivity index (χ0v) is 12.2. The average molecular weight is 275 g/mol. The van der Waals surface area contributed by atoms with E-state index in [2.05, 4.69) is 16.9 Å². The van der Waals surface area contributed by atoms with Gasteiger partial charge < -0.3 is 9.64 Å². The molecule has 0 aromatic heterocycles. The summed E-state index contributed by atoms with van der Waals surface area (Å²) >= 11 is 0. The Labute approximate surface area is 119 Å². The first kappa shape index (κ1) is 14.6. The SMILES string of the molecule is COC(=O)C(C)CN(C)C(=O)C1CC1c1ccccc1. The standard InChI is InChI=1S/C16H21NO3/c1-11(16(19)20-3)10-17(2)15(18)14-9-13(14)12-7-5-4-6-8-12/h4-8,11,13-14H,9-10H2,1-3H3. The lowest BCUT2D eigenvalue weighted by atomic mass is 10.1. The van der Waals surface area contributed by atoms with E-state index >= 15 is 0 Å². The molecule has 4 heteroatoms. The van der Waals surface area contributed by atoms with E-state index in [0.29, 0.717) is 12.5 Å². The van der Waals surface area contributed by atoms with Crippen LogP contribution in [0.15, 0.2) is 30.3 Å². The Bertz CT molecular complexity index is 486. The monoisotopic (exact) mass is 275 g/mol. The van der Waals surface area contributed by atoms with Gasteiger partial charge in [0.1, 0.15) is 0 Å². The molecule has 1 saturated carbocycles. The smallest absolute Gasteiger partial charge is 0.310 e. The number of carbonyl (C=O) groups is 2. The van der Waals surface area contributed by atoms with Crippen molar-refractivity contribution in [1.29, 1.82) is 0 Å². The van der Waals surface area contributed by atoms with Crippen molar-refractivity contribution >= 4 is 11.9 Å². The second kappa shape index (κ2) is 6.07. The minimum absolute atomic E-state index is 0.0623. The number of methoxy groups -OCH3 is 1. The van der Waals surface area contributed by atoms with Gasteiger partial charge in [-0.2, -0.15) is 0 Å². The molecule has 20 heavy (non-hydrogen) atoms. The van der Waals surface area contributed by atoms with Gasteiger partial charge in [-0.3, -0.25) is 9.59 Å². The topological polar surface area (TPSA) is 46.6 Å². The summed E-state index contributed by atoms with van der Waals surface area (Å²) < 4.78 is 4.68. The summed E-state index contributed by atoms with van der Waals surface area (Å²) in [7, 11) is 3.12. The van der Waals surface area contributed by atoms with Crippen molar-refractivity contribution in [2.24, 2.45) is 11.8 Å². The molecule has 1 aliphatic rings. The van der Waals surface area contributed by atoms with Crippen molar-refractivity contribution in [1.82, 2.24) is 4.90 Å². The van der Waals surface area contributed by atoms with Gasteiger partial charge in [-0.05, 0) is 17.9 Å². The number of rotatable bonds is 5. The fraction of sp³-hybridized carbons (Fsp3) is 0.500. The second-order valence-electron chi connectivity index (χ2n) is 5.50. The summed E-state index contributed by atoms with van der Waals surface area (Å²) in [5.74, 6) is -0.0515. The third-order valence-electron chi connectivity index (χ3n) is 3.86. The summed E-state index contributed by atoms with van der Waals surface area (Å²) in [6.07, 6.45) is 0.903. The first-order valence-corrected chi connectivity index (χ1v) is 6.92. The molecule has 108 valence electrons. The van der Waals surface area contributed by atoms with Crippen LogP contribution in [-0.4, -0.2) is 37.5 Å². The van der Waals surface area contributed by atoms with E-state index in [-0.39, 0.29) is 23.7 Å². The molecule has 0 bridgehead atoms. The van der Waals surface area contributed by atoms with Gasteiger partial charge in [-0.1, -0.05) is 37.3 Å². The molecule has 0 spiro atoms. The van der Waals surface area contributed by atoms with E-state index < -0.39 is 0 Å². The number of benzene rings is 1. The first-order chi connectivity index (χ1) is 9.54. The van der Waals surface area contributed by atoms with Crippen LogP contribution in [-0.2, 0) is 14.3 Å². The predicted molar refractivity (Wildman–Crippen MR) is 76.1 cm³/mol. The number of esters is 1. The van der Waals surface area contributed by atoms with Crippen molar-refractivity contribution in [2.75, 3.05) is 20.7 Å². The molecule has 1 aliphatic carbocycles. The zero-order valence-electron chi connectivity index (χ0n) is 12.2. The number of hydrogen-bond acceptors (Lipinski definition) is 3. The van der Waals surface area contributed by atoms with Crippen LogP contribution in [0.1, 0.15) is 24.8 Å². The lowest BCUT2D eigenvalue weighted by Crippen LogP contribution is -2.35. The lowest BCUT2D eigenvalue weighted by molar-refractivity contribution is -0.146. The van der Waals surface area contributed by atoms with E-state index in [4.69, 9.17) is 0 Å². The highest BCUT2D eigenvalue weighted by molar-refractivity contribution is 5.83. The van der Waals surface area contributed by atoms with E-state index in [0.717, 1.165) is 6.42 Å². The Morgan fingerprint density at radius 1 is 1.35 bits per heavy atom. The molecule has 0 radical (unpaired) electrons. The van der Waals surface area contributed by atoms with Gasteiger partial charge in [0.2, 0.25) is 5.91 Å². The number of hydrogen-bond donors (Lipinski definition) is 0. The van der Waals surface area contributed by atoms with Crippen LogP contribution < -0.4 is 0 Å². The lowest BCUT2D eigenvalue weighted by Gasteiger charge is -2.20. The second-order valence-corrected chi connectivity index (χ2v) is 5.50. The molecular formula is C16H21NO3. The number of carbonyl (C=O) groups excluding carboxylic acids is 2. The van der Waals surface area contributed by atoms with Crippen LogP contribution >= 0.6 is 0 Å². The molecule has 3 atom stereocenters. The molecule has 0 heterocycles. The molecule has 0 aliphatic heterocycles. The molecule has 0 saturated heterocycles. The number of amides is 1. The van der Waals surface area contributed by atoms with Crippen LogP contribution in [0.3, 0.4) is 0 Å². The fourth-order valence-electron chi connectivity index (χ4n) is 2.60. The van der Waals surface area contributed by atoms with Crippen molar-refractivity contribution in [3.8, 4) is 0 Å². The first-order valence-electron chi connectivity index (χ1n) is 6.92. The van der Waals surface area contributed by atoms with E-state index in [1.807, 2.05) is 18.2 Å². The number of ether oxygens (including phenoxy) is 1. The minimum atomic E-state index is -0.289. The van der Waals surface area contributed by atoms with Gasteiger partial charge in [0.05, 0.1) is 13.0 Å². The highest BCUT2D eigenvalue weighted by Crippen LogP contribution is 2.48. The van der Waals surface area contributed by atoms with Crippen LogP contribution in [0.4, 0.5) is 0 Å². The quantitative estimate of drug-likeness (QED) is 0.773. The summed E-state index contributed by atoms with van der Waals surface area (Å²) in [6.45, 7) is 2.18. The molecule has 1 aromatic carbocycles. The molecule has 1 amide bonds. The predicted octanol–water partition coefficient (Wildman–Crippen LogP) is 2.06. The van der Waals surface area contributed by atoms with Gasteiger partial charge in [0, 0.05) is 19.5 Å². The van der Waals surface area contributed by atoms with Crippen molar-refractivity contribution in [3.63, 3.8) is 0 Å². The van der Waals surface area contributed by atoms with E-state index in [1.165, 1.54) is 12.7 Å². The van der Waals surface area contributed by atoms with E-state index in [1.54, 1.807) is 18.9 Å². The Kier molecular flexibility index (Phi) is 4.42. The van der Waals surface area contributed by atoms with E-state index in [9.17, 15) is 9.59 Å². The van der Waals surface area contributed by atoms with Crippen molar-refractivity contribution < 1.29 is 14.3 Å². The Morgan fingerprint density at radius 2 is 2.00 bits per heavy atom. The van der Waals surface area contributed by atoms with Crippen molar-refractivity contribution in [2.45, 2.75) is 19.3 Å². The minimum Gasteiger partial charge on any atom is -0.469 e.